The van der Waals surface area contributed by atoms with Crippen molar-refractivity contribution in [2.45, 2.75) is 13.3 Å². The van der Waals surface area contributed by atoms with E-state index < -0.39 is 0 Å². The van der Waals surface area contributed by atoms with Gasteiger partial charge in [-0.15, -0.1) is 0 Å². The maximum Gasteiger partial charge on any atom is 0.255 e. The molecule has 2 amide bonds. The van der Waals surface area contributed by atoms with Crippen LogP contribution in [-0.4, -0.2) is 16.9 Å². The number of benzene rings is 2. The fraction of sp³-hybridized carbons (Fsp3) is 0.118. The van der Waals surface area contributed by atoms with Crippen LogP contribution < -0.4 is 16.0 Å². The molecule has 0 saturated carbocycles. The Labute approximate surface area is 154 Å². The third-order valence-corrected chi connectivity index (χ3v) is 3.81. The monoisotopic (exact) mass is 405 g/mol. The Kier molecular flexibility index (Phi) is 6.45. The normalized spacial score (nSPS) is 9.92. The van der Waals surface area contributed by atoms with Crippen LogP contribution in [0.2, 0.25) is 0 Å². The zero-order valence-corrected chi connectivity index (χ0v) is 15.3. The van der Waals surface area contributed by atoms with Crippen LogP contribution in [0.4, 0.5) is 11.4 Å². The van der Waals surface area contributed by atoms with Gasteiger partial charge in [0.15, 0.2) is 5.11 Å². The molecule has 0 aromatic heterocycles. The molecule has 7 heteroatoms. The Morgan fingerprint density at radius 2 is 1.50 bits per heavy atom. The van der Waals surface area contributed by atoms with Crippen molar-refractivity contribution in [1.29, 1.82) is 0 Å². The lowest BCUT2D eigenvalue weighted by atomic mass is 10.2. The fourth-order valence-corrected chi connectivity index (χ4v) is 2.31. The highest BCUT2D eigenvalue weighted by Crippen LogP contribution is 2.16. The van der Waals surface area contributed by atoms with Crippen LogP contribution in [-0.2, 0) is 4.79 Å². The van der Waals surface area contributed by atoms with Crippen molar-refractivity contribution in [2.75, 3.05) is 10.6 Å². The van der Waals surface area contributed by atoms with Crippen LogP contribution in [0.3, 0.4) is 0 Å². The molecule has 0 heterocycles. The molecule has 124 valence electrons. The van der Waals surface area contributed by atoms with Gasteiger partial charge in [-0.05, 0) is 60.7 Å². The lowest BCUT2D eigenvalue weighted by molar-refractivity contribution is -0.119. The number of hydrogen-bond acceptors (Lipinski definition) is 3. The molecule has 0 aliphatic heterocycles. The quantitative estimate of drug-likeness (QED) is 0.674. The van der Waals surface area contributed by atoms with Gasteiger partial charge in [-0.25, -0.2) is 0 Å². The highest BCUT2D eigenvalue weighted by atomic mass is 79.9. The molecule has 24 heavy (non-hydrogen) atoms. The zero-order valence-electron chi connectivity index (χ0n) is 12.9. The SMILES string of the molecule is CCC(=O)NC(=S)Nc1ccc(NC(=O)c2ccc(Br)cc2)cc1. The van der Waals surface area contributed by atoms with Crippen molar-refractivity contribution in [2.24, 2.45) is 0 Å². The van der Waals surface area contributed by atoms with E-state index in [0.717, 1.165) is 10.2 Å². The van der Waals surface area contributed by atoms with Crippen molar-refractivity contribution in [3.8, 4) is 0 Å². The number of carbonyl (C=O) groups is 2. The molecule has 0 unspecified atom stereocenters. The third-order valence-electron chi connectivity index (χ3n) is 3.08. The standard InChI is InChI=1S/C17H16BrN3O2S/c1-2-15(22)21-17(24)20-14-9-7-13(8-10-14)19-16(23)11-3-5-12(18)6-4-11/h3-10H,2H2,1H3,(H,19,23)(H2,20,21,22,24). The van der Waals surface area contributed by atoms with Gasteiger partial charge >= 0.3 is 0 Å². The Bertz CT molecular complexity index is 745. The number of amides is 2. The van der Waals surface area contributed by atoms with Crippen LogP contribution in [0.25, 0.3) is 0 Å². The predicted octanol–water partition coefficient (Wildman–Crippen LogP) is 3.92. The van der Waals surface area contributed by atoms with Gasteiger partial charge in [0.1, 0.15) is 0 Å². The molecule has 3 N–H and O–H groups in total. The van der Waals surface area contributed by atoms with Gasteiger partial charge in [-0.2, -0.15) is 0 Å². The molecule has 5 nitrogen and oxygen atoms in total. The van der Waals surface area contributed by atoms with Crippen LogP contribution in [0.1, 0.15) is 23.7 Å². The summed E-state index contributed by atoms with van der Waals surface area (Å²) >= 11 is 8.37. The molecule has 2 aromatic carbocycles. The van der Waals surface area contributed by atoms with Gasteiger partial charge < -0.3 is 16.0 Å². The van der Waals surface area contributed by atoms with Gasteiger partial charge in [0.2, 0.25) is 5.91 Å². The van der Waals surface area contributed by atoms with E-state index in [9.17, 15) is 9.59 Å². The molecule has 2 aromatic rings. The Morgan fingerprint density at radius 3 is 2.04 bits per heavy atom. The second kappa shape index (κ2) is 8.56. The van der Waals surface area contributed by atoms with Crippen molar-refractivity contribution < 1.29 is 9.59 Å². The molecule has 0 spiro atoms. The topological polar surface area (TPSA) is 70.2 Å². The average molecular weight is 406 g/mol. The van der Waals surface area contributed by atoms with E-state index in [-0.39, 0.29) is 16.9 Å². The van der Waals surface area contributed by atoms with Gasteiger partial charge in [-0.1, -0.05) is 22.9 Å². The summed E-state index contributed by atoms with van der Waals surface area (Å²) in [7, 11) is 0. The van der Waals surface area contributed by atoms with Crippen LogP contribution in [0, 0.1) is 0 Å². The van der Waals surface area contributed by atoms with Crippen molar-refractivity contribution in [3.63, 3.8) is 0 Å². The first-order valence-corrected chi connectivity index (χ1v) is 8.46. The summed E-state index contributed by atoms with van der Waals surface area (Å²) in [6, 6.07) is 14.1. The molecule has 0 fully saturated rings. The van der Waals surface area contributed by atoms with Gasteiger partial charge in [0.05, 0.1) is 0 Å². The van der Waals surface area contributed by atoms with Crippen molar-refractivity contribution in [3.05, 3.63) is 58.6 Å². The number of anilines is 2. The Morgan fingerprint density at radius 1 is 0.958 bits per heavy atom. The molecular formula is C17H16BrN3O2S. The largest absolute Gasteiger partial charge is 0.332 e. The summed E-state index contributed by atoms with van der Waals surface area (Å²) < 4.78 is 0.917. The Hall–Kier alpha value is -2.25. The van der Waals surface area contributed by atoms with Gasteiger partial charge in [-0.3, -0.25) is 9.59 Å². The molecular weight excluding hydrogens is 390 g/mol. The minimum atomic E-state index is -0.186. The maximum atomic E-state index is 12.1. The van der Waals surface area contributed by atoms with Crippen LogP contribution in [0.15, 0.2) is 53.0 Å². The number of nitrogens with one attached hydrogen (secondary N) is 3. The Balaban J connectivity index is 1.94. The summed E-state index contributed by atoms with van der Waals surface area (Å²) in [5.74, 6) is -0.333. The second-order valence-electron chi connectivity index (χ2n) is 4.89. The average Bonchev–Trinajstić information content (AvgIpc) is 2.57. The summed E-state index contributed by atoms with van der Waals surface area (Å²) in [6.07, 6.45) is 0.364. The highest BCUT2D eigenvalue weighted by molar-refractivity contribution is 9.10. The number of thiocarbonyl (C=S) groups is 1. The minimum absolute atomic E-state index is 0.147. The molecule has 0 aliphatic rings. The summed E-state index contributed by atoms with van der Waals surface area (Å²) in [5, 5.41) is 8.52. The van der Waals surface area contributed by atoms with Crippen LogP contribution >= 0.6 is 28.1 Å². The molecule has 0 bridgehead atoms. The third kappa shape index (κ3) is 5.43. The summed E-state index contributed by atoms with van der Waals surface area (Å²) in [5.41, 5.74) is 1.96. The minimum Gasteiger partial charge on any atom is -0.332 e. The lowest BCUT2D eigenvalue weighted by Crippen LogP contribution is -2.33. The number of carbonyl (C=O) groups excluding carboxylic acids is 2. The molecule has 0 aliphatic carbocycles. The first kappa shape index (κ1) is 18.1. The van der Waals surface area contributed by atoms with E-state index in [0.29, 0.717) is 17.7 Å². The van der Waals surface area contributed by atoms with E-state index in [1.807, 2.05) is 12.1 Å². The van der Waals surface area contributed by atoms with E-state index in [2.05, 4.69) is 31.9 Å². The van der Waals surface area contributed by atoms with E-state index in [4.69, 9.17) is 12.2 Å². The molecule has 0 radical (unpaired) electrons. The summed E-state index contributed by atoms with van der Waals surface area (Å²) in [4.78, 5) is 23.4. The van der Waals surface area contributed by atoms with Crippen molar-refractivity contribution >= 4 is 56.4 Å². The molecule has 0 atom stereocenters. The predicted molar refractivity (Wildman–Crippen MR) is 103 cm³/mol. The van der Waals surface area contributed by atoms with Crippen molar-refractivity contribution in [1.82, 2.24) is 5.32 Å². The van der Waals surface area contributed by atoms with Crippen LogP contribution in [0.5, 0.6) is 0 Å². The highest BCUT2D eigenvalue weighted by Gasteiger charge is 2.06. The van der Waals surface area contributed by atoms with E-state index >= 15 is 0 Å². The number of rotatable bonds is 4. The second-order valence-corrected chi connectivity index (χ2v) is 6.22. The maximum absolute atomic E-state index is 12.1. The zero-order chi connectivity index (χ0) is 17.5. The smallest absolute Gasteiger partial charge is 0.255 e. The van der Waals surface area contributed by atoms with E-state index in [1.165, 1.54) is 0 Å². The fourth-order valence-electron chi connectivity index (χ4n) is 1.82. The molecule has 2 rings (SSSR count). The van der Waals surface area contributed by atoms with E-state index in [1.54, 1.807) is 43.3 Å². The first-order valence-electron chi connectivity index (χ1n) is 7.25. The van der Waals surface area contributed by atoms with Gasteiger partial charge in [0, 0.05) is 27.8 Å². The van der Waals surface area contributed by atoms with Gasteiger partial charge in [0.25, 0.3) is 5.91 Å². The number of hydrogen-bond donors (Lipinski definition) is 3. The summed E-state index contributed by atoms with van der Waals surface area (Å²) in [6.45, 7) is 1.75. The first-order chi connectivity index (χ1) is 11.5. The number of halogens is 1. The molecule has 0 saturated heterocycles. The lowest BCUT2D eigenvalue weighted by Gasteiger charge is -2.10.